The maximum absolute atomic E-state index is 13.4. The van der Waals surface area contributed by atoms with E-state index in [4.69, 9.17) is 24.4 Å². The van der Waals surface area contributed by atoms with Crippen molar-refractivity contribution in [1.29, 1.82) is 0 Å². The summed E-state index contributed by atoms with van der Waals surface area (Å²) in [6, 6.07) is 38.0. The van der Waals surface area contributed by atoms with Gasteiger partial charge >= 0.3 is 6.18 Å². The van der Waals surface area contributed by atoms with E-state index >= 15 is 0 Å². The molecule has 9 aromatic rings. The summed E-state index contributed by atoms with van der Waals surface area (Å²) in [5.74, 6) is 0.977. The molecule has 234 valence electrons. The number of para-hydroxylation sites is 2. The molecule has 3 heterocycles. The van der Waals surface area contributed by atoms with E-state index in [9.17, 15) is 13.2 Å². The zero-order chi connectivity index (χ0) is 33.1. The molecule has 0 aliphatic carbocycles. The standard InChI is InChI=1S/C40H22F3N5O/c41-40(42,43)28-18-16-25(17-19-28)38-46-37(24-14-12-23(13-15-24)33-22-44-31-9-3-4-10-32(31)45-33)47-39(48-38)29-8-5-11-34-36(29)30-20-26-6-1-2-7-27(26)21-35(30)49-34/h1-22H. The SMILES string of the molecule is FC(F)(F)c1ccc(-c2nc(-c3ccc(-c4cnc5ccccc5n4)cc3)nc(-c3cccc4oc5cc6ccccc6cc5c34)n2)cc1. The maximum Gasteiger partial charge on any atom is 0.416 e. The Bertz CT molecular complexity index is 2700. The molecule has 0 fully saturated rings. The molecule has 0 saturated carbocycles. The van der Waals surface area contributed by atoms with Crippen molar-refractivity contribution < 1.29 is 17.6 Å². The van der Waals surface area contributed by atoms with Crippen molar-refractivity contribution in [2.75, 3.05) is 0 Å². The molecule has 3 aromatic heterocycles. The number of alkyl halides is 3. The molecule has 49 heavy (non-hydrogen) atoms. The number of hydrogen-bond donors (Lipinski definition) is 0. The van der Waals surface area contributed by atoms with Crippen LogP contribution in [0, 0.1) is 0 Å². The first-order chi connectivity index (χ1) is 23.9. The van der Waals surface area contributed by atoms with Gasteiger partial charge in [-0.2, -0.15) is 13.2 Å². The van der Waals surface area contributed by atoms with Gasteiger partial charge in [0.15, 0.2) is 17.5 Å². The van der Waals surface area contributed by atoms with Crippen LogP contribution >= 0.6 is 0 Å². The first kappa shape index (κ1) is 28.7. The largest absolute Gasteiger partial charge is 0.456 e. The van der Waals surface area contributed by atoms with Crippen molar-refractivity contribution in [3.63, 3.8) is 0 Å². The Morgan fingerprint density at radius 3 is 1.84 bits per heavy atom. The Kier molecular flexibility index (Phi) is 6.48. The van der Waals surface area contributed by atoms with E-state index in [0.29, 0.717) is 33.9 Å². The van der Waals surface area contributed by atoms with Crippen LogP contribution in [0.25, 0.3) is 89.2 Å². The van der Waals surface area contributed by atoms with Crippen molar-refractivity contribution in [3.8, 4) is 45.4 Å². The third-order valence-corrected chi connectivity index (χ3v) is 8.60. The smallest absolute Gasteiger partial charge is 0.416 e. The van der Waals surface area contributed by atoms with Crippen molar-refractivity contribution in [3.05, 3.63) is 139 Å². The number of furan rings is 1. The van der Waals surface area contributed by atoms with Crippen LogP contribution in [-0.4, -0.2) is 24.9 Å². The van der Waals surface area contributed by atoms with E-state index in [1.165, 1.54) is 12.1 Å². The lowest BCUT2D eigenvalue weighted by atomic mass is 10.0. The van der Waals surface area contributed by atoms with Gasteiger partial charge in [0.2, 0.25) is 0 Å². The molecule has 0 spiro atoms. The summed E-state index contributed by atoms with van der Waals surface area (Å²) in [5.41, 5.74) is 5.67. The summed E-state index contributed by atoms with van der Waals surface area (Å²) in [4.78, 5) is 23.8. The van der Waals surface area contributed by atoms with Gasteiger partial charge < -0.3 is 4.42 Å². The molecule has 0 saturated heterocycles. The van der Waals surface area contributed by atoms with Crippen molar-refractivity contribution in [2.45, 2.75) is 6.18 Å². The zero-order valence-corrected chi connectivity index (χ0v) is 25.5. The Morgan fingerprint density at radius 2 is 1.12 bits per heavy atom. The quantitative estimate of drug-likeness (QED) is 0.190. The van der Waals surface area contributed by atoms with E-state index in [0.717, 1.165) is 61.6 Å². The lowest BCUT2D eigenvalue weighted by molar-refractivity contribution is -0.137. The van der Waals surface area contributed by atoms with Gasteiger partial charge in [-0.25, -0.2) is 19.9 Å². The van der Waals surface area contributed by atoms with E-state index in [1.807, 2.05) is 97.1 Å². The van der Waals surface area contributed by atoms with Gasteiger partial charge in [-0.1, -0.05) is 84.9 Å². The molecule has 0 bridgehead atoms. The van der Waals surface area contributed by atoms with Gasteiger partial charge in [-0.3, -0.25) is 4.98 Å². The summed E-state index contributed by atoms with van der Waals surface area (Å²) in [7, 11) is 0. The highest BCUT2D eigenvalue weighted by atomic mass is 19.4. The number of aromatic nitrogens is 5. The van der Waals surface area contributed by atoms with Gasteiger partial charge in [0, 0.05) is 33.0 Å². The monoisotopic (exact) mass is 645 g/mol. The highest BCUT2D eigenvalue weighted by molar-refractivity contribution is 6.15. The third kappa shape index (κ3) is 5.12. The van der Waals surface area contributed by atoms with Crippen LogP contribution in [0.4, 0.5) is 13.2 Å². The topological polar surface area (TPSA) is 77.6 Å². The number of nitrogens with zero attached hydrogens (tertiary/aromatic N) is 5. The van der Waals surface area contributed by atoms with Gasteiger partial charge in [-0.15, -0.1) is 0 Å². The number of benzene rings is 6. The maximum atomic E-state index is 13.4. The summed E-state index contributed by atoms with van der Waals surface area (Å²) in [6.07, 6.45) is -2.73. The van der Waals surface area contributed by atoms with Crippen LogP contribution in [0.2, 0.25) is 0 Å². The first-order valence-electron chi connectivity index (χ1n) is 15.5. The van der Waals surface area contributed by atoms with E-state index < -0.39 is 11.7 Å². The van der Waals surface area contributed by atoms with Gasteiger partial charge in [0.05, 0.1) is 28.5 Å². The highest BCUT2D eigenvalue weighted by Gasteiger charge is 2.30. The molecule has 0 aliphatic heterocycles. The number of rotatable bonds is 4. The van der Waals surface area contributed by atoms with Crippen molar-refractivity contribution >= 4 is 43.7 Å². The van der Waals surface area contributed by atoms with Crippen LogP contribution in [0.1, 0.15) is 5.56 Å². The molecule has 0 N–H and O–H groups in total. The minimum Gasteiger partial charge on any atom is -0.456 e. The number of fused-ring (bicyclic) bond motifs is 5. The summed E-state index contributed by atoms with van der Waals surface area (Å²) in [5, 5.41) is 3.86. The van der Waals surface area contributed by atoms with Gasteiger partial charge in [0.1, 0.15) is 11.2 Å². The fraction of sp³-hybridized carbons (Fsp3) is 0.0250. The van der Waals surface area contributed by atoms with Gasteiger partial charge in [0.25, 0.3) is 0 Å². The number of halogens is 3. The Hall–Kier alpha value is -6.48. The molecule has 0 amide bonds. The Balaban J connectivity index is 1.21. The molecule has 6 nitrogen and oxygen atoms in total. The minimum absolute atomic E-state index is 0.244. The normalized spacial score (nSPS) is 12.0. The average molecular weight is 646 g/mol. The predicted octanol–water partition coefficient (Wildman–Crippen LogP) is 10.6. The van der Waals surface area contributed by atoms with Crippen LogP contribution in [0.3, 0.4) is 0 Å². The summed E-state index contributed by atoms with van der Waals surface area (Å²) >= 11 is 0. The first-order valence-corrected chi connectivity index (χ1v) is 15.5. The second kappa shape index (κ2) is 11.1. The summed E-state index contributed by atoms with van der Waals surface area (Å²) in [6.45, 7) is 0. The molecule has 9 rings (SSSR count). The van der Waals surface area contributed by atoms with E-state index in [1.54, 1.807) is 6.20 Å². The molecule has 0 aliphatic rings. The van der Waals surface area contributed by atoms with Crippen LogP contribution in [-0.2, 0) is 6.18 Å². The zero-order valence-electron chi connectivity index (χ0n) is 25.5. The molecule has 6 aromatic carbocycles. The van der Waals surface area contributed by atoms with Crippen LogP contribution in [0.15, 0.2) is 138 Å². The third-order valence-electron chi connectivity index (χ3n) is 8.60. The Labute approximate surface area is 276 Å². The molecular weight excluding hydrogens is 623 g/mol. The molecule has 0 atom stereocenters. The van der Waals surface area contributed by atoms with Crippen molar-refractivity contribution in [1.82, 2.24) is 24.9 Å². The van der Waals surface area contributed by atoms with Crippen molar-refractivity contribution in [2.24, 2.45) is 0 Å². The molecule has 0 radical (unpaired) electrons. The van der Waals surface area contributed by atoms with Crippen LogP contribution < -0.4 is 0 Å². The predicted molar refractivity (Wildman–Crippen MR) is 184 cm³/mol. The minimum atomic E-state index is -4.47. The second-order valence-corrected chi connectivity index (χ2v) is 11.7. The van der Waals surface area contributed by atoms with Crippen LogP contribution in [0.5, 0.6) is 0 Å². The fourth-order valence-electron chi connectivity index (χ4n) is 6.15. The Morgan fingerprint density at radius 1 is 0.510 bits per heavy atom. The molecular formula is C40H22F3N5O. The highest BCUT2D eigenvalue weighted by Crippen LogP contribution is 2.39. The lowest BCUT2D eigenvalue weighted by Gasteiger charge is -2.11. The molecule has 9 heteroatoms. The fourth-order valence-corrected chi connectivity index (χ4v) is 6.15. The average Bonchev–Trinajstić information content (AvgIpc) is 3.51. The number of hydrogen-bond acceptors (Lipinski definition) is 6. The van der Waals surface area contributed by atoms with E-state index in [2.05, 4.69) is 11.1 Å². The van der Waals surface area contributed by atoms with Gasteiger partial charge in [-0.05, 0) is 53.2 Å². The second-order valence-electron chi connectivity index (χ2n) is 11.7. The lowest BCUT2D eigenvalue weighted by Crippen LogP contribution is -2.05. The summed E-state index contributed by atoms with van der Waals surface area (Å²) < 4.78 is 46.5. The molecule has 0 unspecified atom stereocenters. The van der Waals surface area contributed by atoms with E-state index in [-0.39, 0.29) is 5.82 Å².